The minimum absolute atomic E-state index is 0.0233. The Kier molecular flexibility index (Phi) is 3.62. The van der Waals surface area contributed by atoms with Crippen LogP contribution in [0.1, 0.15) is 41.5 Å². The molecule has 0 saturated carbocycles. The Hall–Kier alpha value is -2.38. The van der Waals surface area contributed by atoms with Crippen LogP contribution in [0.15, 0.2) is 18.3 Å². The predicted molar refractivity (Wildman–Crippen MR) is 76.0 cm³/mol. The summed E-state index contributed by atoms with van der Waals surface area (Å²) in [6, 6.07) is 2.31. The van der Waals surface area contributed by atoms with E-state index in [2.05, 4.69) is 15.4 Å². The number of amides is 1. The molecule has 5 nitrogen and oxygen atoms in total. The van der Waals surface area contributed by atoms with E-state index in [0.29, 0.717) is 29.9 Å². The van der Waals surface area contributed by atoms with Gasteiger partial charge in [-0.15, -0.1) is 0 Å². The van der Waals surface area contributed by atoms with E-state index in [9.17, 15) is 18.0 Å². The highest BCUT2D eigenvalue weighted by atomic mass is 19.4. The van der Waals surface area contributed by atoms with Gasteiger partial charge in [0, 0.05) is 23.9 Å². The standard InChI is InChI=1S/C15H15F3N4O/c1-8-14(11-3-4-13(23)20-11)9(2)22(21-8)10-5-6-19-12(7-10)15(16,17)18/h5-7,11H,3-4H2,1-2H3,(H,20,23). The SMILES string of the molecule is Cc1nn(-c2ccnc(C(F)(F)F)c2)c(C)c1C1CCC(=O)N1. The van der Waals surface area contributed by atoms with E-state index in [0.717, 1.165) is 17.8 Å². The molecule has 0 aromatic carbocycles. The molecule has 1 aliphatic rings. The maximum Gasteiger partial charge on any atom is 0.433 e. The van der Waals surface area contributed by atoms with Crippen LogP contribution in [0.3, 0.4) is 0 Å². The van der Waals surface area contributed by atoms with Crippen LogP contribution in [-0.2, 0) is 11.0 Å². The summed E-state index contributed by atoms with van der Waals surface area (Å²) in [6.45, 7) is 3.57. The average Bonchev–Trinajstić information content (AvgIpc) is 3.02. The first-order valence-electron chi connectivity index (χ1n) is 7.16. The van der Waals surface area contributed by atoms with Gasteiger partial charge in [-0.2, -0.15) is 18.3 Å². The molecule has 1 N–H and O–H groups in total. The molecule has 0 radical (unpaired) electrons. The van der Waals surface area contributed by atoms with Crippen LogP contribution in [0.2, 0.25) is 0 Å². The molecule has 8 heteroatoms. The van der Waals surface area contributed by atoms with Crippen molar-refractivity contribution in [3.63, 3.8) is 0 Å². The molecule has 0 bridgehead atoms. The number of rotatable bonds is 2. The Morgan fingerprint density at radius 1 is 1.35 bits per heavy atom. The van der Waals surface area contributed by atoms with Gasteiger partial charge >= 0.3 is 6.18 Å². The molecule has 0 aliphatic carbocycles. The van der Waals surface area contributed by atoms with Gasteiger partial charge in [-0.3, -0.25) is 9.78 Å². The molecule has 1 unspecified atom stereocenters. The minimum Gasteiger partial charge on any atom is -0.349 e. The maximum atomic E-state index is 12.8. The largest absolute Gasteiger partial charge is 0.433 e. The molecule has 122 valence electrons. The Morgan fingerprint density at radius 2 is 2.09 bits per heavy atom. The molecule has 3 rings (SSSR count). The Bertz CT molecular complexity index is 767. The zero-order valence-electron chi connectivity index (χ0n) is 12.6. The number of hydrogen-bond acceptors (Lipinski definition) is 3. The summed E-state index contributed by atoms with van der Waals surface area (Å²) in [5, 5.41) is 7.21. The molecule has 1 atom stereocenters. The van der Waals surface area contributed by atoms with Crippen molar-refractivity contribution in [2.24, 2.45) is 0 Å². The first-order chi connectivity index (χ1) is 10.8. The summed E-state index contributed by atoms with van der Waals surface area (Å²) in [4.78, 5) is 14.8. The zero-order valence-corrected chi connectivity index (χ0v) is 12.6. The number of aromatic nitrogens is 3. The molecular weight excluding hydrogens is 309 g/mol. The summed E-state index contributed by atoms with van der Waals surface area (Å²) in [5.74, 6) is -0.0233. The van der Waals surface area contributed by atoms with Gasteiger partial charge in [0.2, 0.25) is 5.91 Å². The molecule has 2 aromatic heterocycles. The quantitative estimate of drug-likeness (QED) is 0.924. The molecule has 1 amide bonds. The molecule has 2 aromatic rings. The molecule has 1 aliphatic heterocycles. The number of carbonyl (C=O) groups is 1. The fourth-order valence-corrected chi connectivity index (χ4v) is 2.95. The third-order valence-corrected chi connectivity index (χ3v) is 3.97. The van der Waals surface area contributed by atoms with Crippen molar-refractivity contribution in [3.8, 4) is 5.69 Å². The van der Waals surface area contributed by atoms with E-state index in [1.807, 2.05) is 0 Å². The zero-order chi connectivity index (χ0) is 16.8. The van der Waals surface area contributed by atoms with Crippen LogP contribution in [0.4, 0.5) is 13.2 Å². The monoisotopic (exact) mass is 324 g/mol. The van der Waals surface area contributed by atoms with Gasteiger partial charge < -0.3 is 5.32 Å². The number of nitrogens with one attached hydrogen (secondary N) is 1. The Labute approximate surface area is 130 Å². The highest BCUT2D eigenvalue weighted by molar-refractivity contribution is 5.78. The van der Waals surface area contributed by atoms with Crippen molar-refractivity contribution in [2.75, 3.05) is 0 Å². The Morgan fingerprint density at radius 3 is 2.70 bits per heavy atom. The second kappa shape index (κ2) is 5.36. The van der Waals surface area contributed by atoms with Crippen LogP contribution in [0, 0.1) is 13.8 Å². The predicted octanol–water partition coefficient (Wildman–Crippen LogP) is 2.85. The fourth-order valence-electron chi connectivity index (χ4n) is 2.95. The number of alkyl halides is 3. The third kappa shape index (κ3) is 2.80. The van der Waals surface area contributed by atoms with Gasteiger partial charge in [0.15, 0.2) is 0 Å². The van der Waals surface area contributed by atoms with Crippen molar-refractivity contribution in [1.82, 2.24) is 20.1 Å². The van der Waals surface area contributed by atoms with Crippen LogP contribution >= 0.6 is 0 Å². The Balaban J connectivity index is 2.03. The smallest absolute Gasteiger partial charge is 0.349 e. The van der Waals surface area contributed by atoms with Gasteiger partial charge in [-0.1, -0.05) is 0 Å². The van der Waals surface area contributed by atoms with Gasteiger partial charge in [0.05, 0.1) is 17.4 Å². The first-order valence-corrected chi connectivity index (χ1v) is 7.16. The highest BCUT2D eigenvalue weighted by Gasteiger charge is 2.33. The number of nitrogens with zero attached hydrogens (tertiary/aromatic N) is 3. The minimum atomic E-state index is -4.51. The van der Waals surface area contributed by atoms with E-state index in [4.69, 9.17) is 0 Å². The first kappa shape index (κ1) is 15.5. The number of hydrogen-bond donors (Lipinski definition) is 1. The summed E-state index contributed by atoms with van der Waals surface area (Å²) >= 11 is 0. The van der Waals surface area contributed by atoms with Crippen molar-refractivity contribution in [3.05, 3.63) is 41.0 Å². The number of carbonyl (C=O) groups excluding carboxylic acids is 1. The van der Waals surface area contributed by atoms with Crippen molar-refractivity contribution in [1.29, 1.82) is 0 Å². The molecule has 1 fully saturated rings. The summed E-state index contributed by atoms with van der Waals surface area (Å²) in [6.07, 6.45) is -2.28. The highest BCUT2D eigenvalue weighted by Crippen LogP contribution is 2.32. The van der Waals surface area contributed by atoms with Crippen LogP contribution in [0.5, 0.6) is 0 Å². The fraction of sp³-hybridized carbons (Fsp3) is 0.400. The van der Waals surface area contributed by atoms with E-state index in [-0.39, 0.29) is 11.9 Å². The summed E-state index contributed by atoms with van der Waals surface area (Å²) < 4.78 is 39.9. The third-order valence-electron chi connectivity index (χ3n) is 3.97. The van der Waals surface area contributed by atoms with Gasteiger partial charge in [0.25, 0.3) is 0 Å². The van der Waals surface area contributed by atoms with Crippen LogP contribution in [0.25, 0.3) is 5.69 Å². The maximum absolute atomic E-state index is 12.8. The molecule has 0 spiro atoms. The van der Waals surface area contributed by atoms with Crippen LogP contribution in [-0.4, -0.2) is 20.7 Å². The summed E-state index contributed by atoms with van der Waals surface area (Å²) in [5.41, 5.74) is 1.61. The lowest BCUT2D eigenvalue weighted by molar-refractivity contribution is -0.141. The van der Waals surface area contributed by atoms with E-state index < -0.39 is 11.9 Å². The topological polar surface area (TPSA) is 59.8 Å². The van der Waals surface area contributed by atoms with Gasteiger partial charge in [-0.05, 0) is 32.4 Å². The van der Waals surface area contributed by atoms with E-state index >= 15 is 0 Å². The van der Waals surface area contributed by atoms with Crippen molar-refractivity contribution >= 4 is 5.91 Å². The number of aryl methyl sites for hydroxylation is 1. The molecule has 1 saturated heterocycles. The van der Waals surface area contributed by atoms with Crippen molar-refractivity contribution < 1.29 is 18.0 Å². The number of halogens is 3. The lowest BCUT2D eigenvalue weighted by Gasteiger charge is -2.12. The number of pyridine rings is 1. The second-order valence-electron chi connectivity index (χ2n) is 5.55. The lowest BCUT2D eigenvalue weighted by atomic mass is 10.0. The molecule has 3 heterocycles. The second-order valence-corrected chi connectivity index (χ2v) is 5.55. The van der Waals surface area contributed by atoms with E-state index in [1.165, 1.54) is 10.7 Å². The van der Waals surface area contributed by atoms with Crippen LogP contribution < -0.4 is 5.32 Å². The van der Waals surface area contributed by atoms with E-state index in [1.54, 1.807) is 13.8 Å². The van der Waals surface area contributed by atoms with Gasteiger partial charge in [0.1, 0.15) is 5.69 Å². The molecule has 23 heavy (non-hydrogen) atoms. The average molecular weight is 324 g/mol. The lowest BCUT2D eigenvalue weighted by Crippen LogP contribution is -2.19. The molecular formula is C15H15F3N4O. The van der Waals surface area contributed by atoms with Crippen molar-refractivity contribution in [2.45, 2.75) is 38.9 Å². The normalized spacial score (nSPS) is 18.3. The summed E-state index contributed by atoms with van der Waals surface area (Å²) in [7, 11) is 0. The van der Waals surface area contributed by atoms with Gasteiger partial charge in [-0.25, -0.2) is 4.68 Å².